The highest BCUT2D eigenvalue weighted by molar-refractivity contribution is 7.91. The van der Waals surface area contributed by atoms with Crippen molar-refractivity contribution in [2.75, 3.05) is 31.6 Å². The number of hydrogen-bond donors (Lipinski definition) is 2. The standard InChI is InChI=1S/C20H27N3O2S/c1-3-26(24,25)15-14-22-20(21-2)23-16-19(17-10-6-4-7-11-17)18-12-8-5-9-13-18/h4-13,19H,3,14-16H2,1-2H3,(H2,21,22,23). The third-order valence-electron chi connectivity index (χ3n) is 4.25. The highest BCUT2D eigenvalue weighted by atomic mass is 32.2. The topological polar surface area (TPSA) is 70.6 Å². The molecule has 0 aliphatic rings. The van der Waals surface area contributed by atoms with E-state index in [2.05, 4.69) is 39.9 Å². The van der Waals surface area contributed by atoms with Crippen LogP contribution >= 0.6 is 0 Å². The lowest BCUT2D eigenvalue weighted by atomic mass is 9.91. The van der Waals surface area contributed by atoms with Gasteiger partial charge in [0.2, 0.25) is 0 Å². The highest BCUT2D eigenvalue weighted by Crippen LogP contribution is 2.23. The number of guanidine groups is 1. The largest absolute Gasteiger partial charge is 0.355 e. The van der Waals surface area contributed by atoms with Gasteiger partial charge in [-0.3, -0.25) is 4.99 Å². The van der Waals surface area contributed by atoms with Gasteiger partial charge >= 0.3 is 0 Å². The first-order valence-corrected chi connectivity index (χ1v) is 10.6. The summed E-state index contributed by atoms with van der Waals surface area (Å²) in [7, 11) is -1.30. The predicted molar refractivity (Wildman–Crippen MR) is 108 cm³/mol. The molecule has 2 aromatic carbocycles. The van der Waals surface area contributed by atoms with E-state index in [9.17, 15) is 8.42 Å². The summed E-state index contributed by atoms with van der Waals surface area (Å²) in [5.74, 6) is 1.04. The zero-order chi connectivity index (χ0) is 18.8. The van der Waals surface area contributed by atoms with Crippen molar-refractivity contribution in [3.8, 4) is 0 Å². The van der Waals surface area contributed by atoms with Gasteiger partial charge in [0, 0.05) is 31.8 Å². The normalized spacial score (nSPS) is 12.2. The van der Waals surface area contributed by atoms with Crippen LogP contribution in [-0.4, -0.2) is 46.0 Å². The van der Waals surface area contributed by atoms with Crippen molar-refractivity contribution in [1.29, 1.82) is 0 Å². The molecule has 26 heavy (non-hydrogen) atoms. The fourth-order valence-electron chi connectivity index (χ4n) is 2.69. The van der Waals surface area contributed by atoms with Gasteiger partial charge in [-0.25, -0.2) is 8.42 Å². The fraction of sp³-hybridized carbons (Fsp3) is 0.350. The van der Waals surface area contributed by atoms with Crippen LogP contribution in [0.4, 0.5) is 0 Å². The number of nitrogens with one attached hydrogen (secondary N) is 2. The Hall–Kier alpha value is -2.34. The molecule has 2 rings (SSSR count). The first kappa shape index (κ1) is 20.0. The maximum atomic E-state index is 11.6. The van der Waals surface area contributed by atoms with Crippen molar-refractivity contribution in [2.24, 2.45) is 4.99 Å². The summed E-state index contributed by atoms with van der Waals surface area (Å²) in [4.78, 5) is 4.19. The maximum Gasteiger partial charge on any atom is 0.191 e. The van der Waals surface area contributed by atoms with Crippen molar-refractivity contribution in [3.63, 3.8) is 0 Å². The van der Waals surface area contributed by atoms with Gasteiger partial charge in [0.15, 0.2) is 15.8 Å². The Labute approximate surface area is 156 Å². The number of aliphatic imine (C=N–C) groups is 1. The molecule has 2 N–H and O–H groups in total. The monoisotopic (exact) mass is 373 g/mol. The Kier molecular flexibility index (Phi) is 7.66. The molecule has 5 nitrogen and oxygen atoms in total. The molecule has 0 saturated heterocycles. The van der Waals surface area contributed by atoms with Gasteiger partial charge < -0.3 is 10.6 Å². The highest BCUT2D eigenvalue weighted by Gasteiger charge is 2.14. The van der Waals surface area contributed by atoms with Gasteiger partial charge in [-0.05, 0) is 11.1 Å². The Balaban J connectivity index is 2.02. The fourth-order valence-corrected chi connectivity index (χ4v) is 3.39. The summed E-state index contributed by atoms with van der Waals surface area (Å²) >= 11 is 0. The summed E-state index contributed by atoms with van der Waals surface area (Å²) < 4.78 is 23.2. The van der Waals surface area contributed by atoms with Crippen molar-refractivity contribution in [2.45, 2.75) is 12.8 Å². The van der Waals surface area contributed by atoms with Crippen LogP contribution in [0.1, 0.15) is 24.0 Å². The summed E-state index contributed by atoms with van der Waals surface area (Å²) in [6.45, 7) is 2.66. The van der Waals surface area contributed by atoms with Crippen LogP contribution in [0.3, 0.4) is 0 Å². The second-order valence-corrected chi connectivity index (χ2v) is 8.46. The zero-order valence-corrected chi connectivity index (χ0v) is 16.2. The van der Waals surface area contributed by atoms with E-state index < -0.39 is 9.84 Å². The van der Waals surface area contributed by atoms with Gasteiger partial charge in [-0.2, -0.15) is 0 Å². The van der Waals surface area contributed by atoms with Crippen LogP contribution in [-0.2, 0) is 9.84 Å². The maximum absolute atomic E-state index is 11.6. The average Bonchev–Trinajstić information content (AvgIpc) is 2.68. The van der Waals surface area contributed by atoms with Crippen molar-refractivity contribution in [1.82, 2.24) is 10.6 Å². The molecule has 6 heteroatoms. The van der Waals surface area contributed by atoms with E-state index in [-0.39, 0.29) is 17.4 Å². The molecule has 0 spiro atoms. The quantitative estimate of drug-likeness (QED) is 0.551. The third-order valence-corrected chi connectivity index (χ3v) is 5.95. The molecule has 0 bridgehead atoms. The van der Waals surface area contributed by atoms with E-state index in [1.807, 2.05) is 36.4 Å². The SMILES string of the molecule is CCS(=O)(=O)CCNC(=NC)NCC(c1ccccc1)c1ccccc1. The first-order valence-electron chi connectivity index (χ1n) is 8.80. The zero-order valence-electron chi connectivity index (χ0n) is 15.4. The molecule has 0 atom stereocenters. The van der Waals surface area contributed by atoms with E-state index in [1.54, 1.807) is 14.0 Å². The van der Waals surface area contributed by atoms with Crippen molar-refractivity contribution >= 4 is 15.8 Å². The molecule has 0 radical (unpaired) electrons. The van der Waals surface area contributed by atoms with E-state index in [0.717, 1.165) is 0 Å². The Morgan fingerprint density at radius 1 is 0.962 bits per heavy atom. The Morgan fingerprint density at radius 2 is 1.50 bits per heavy atom. The first-order chi connectivity index (χ1) is 12.6. The molecule has 0 aliphatic heterocycles. The minimum atomic E-state index is -2.99. The molecule has 0 fully saturated rings. The van der Waals surface area contributed by atoms with Crippen LogP contribution in [0, 0.1) is 0 Å². The lowest BCUT2D eigenvalue weighted by molar-refractivity contribution is 0.595. The number of nitrogens with zero attached hydrogens (tertiary/aromatic N) is 1. The van der Waals surface area contributed by atoms with Crippen LogP contribution in [0.5, 0.6) is 0 Å². The van der Waals surface area contributed by atoms with E-state index in [4.69, 9.17) is 0 Å². The van der Waals surface area contributed by atoms with Crippen LogP contribution in [0.25, 0.3) is 0 Å². The predicted octanol–water partition coefficient (Wildman–Crippen LogP) is 2.42. The van der Waals surface area contributed by atoms with Crippen molar-refractivity contribution in [3.05, 3.63) is 71.8 Å². The number of hydrogen-bond acceptors (Lipinski definition) is 3. The average molecular weight is 374 g/mol. The molecular weight excluding hydrogens is 346 g/mol. The molecule has 0 saturated carbocycles. The molecule has 0 unspecified atom stereocenters. The lowest BCUT2D eigenvalue weighted by Gasteiger charge is -2.20. The van der Waals surface area contributed by atoms with Crippen molar-refractivity contribution < 1.29 is 8.42 Å². The van der Waals surface area contributed by atoms with Gasteiger partial charge in [0.05, 0.1) is 5.75 Å². The Morgan fingerprint density at radius 3 is 1.96 bits per heavy atom. The lowest BCUT2D eigenvalue weighted by Crippen LogP contribution is -2.41. The molecular formula is C20H27N3O2S. The minimum Gasteiger partial charge on any atom is -0.355 e. The number of rotatable bonds is 8. The Bertz CT molecular complexity index is 751. The number of sulfone groups is 1. The summed E-state index contributed by atoms with van der Waals surface area (Å²) in [5, 5.41) is 6.39. The molecule has 0 aromatic heterocycles. The number of benzene rings is 2. The van der Waals surface area contributed by atoms with E-state index >= 15 is 0 Å². The molecule has 2 aromatic rings. The van der Waals surface area contributed by atoms with Gasteiger partial charge in [-0.15, -0.1) is 0 Å². The van der Waals surface area contributed by atoms with Crippen LogP contribution in [0.15, 0.2) is 65.7 Å². The molecule has 0 aliphatic carbocycles. The van der Waals surface area contributed by atoms with E-state index in [1.165, 1.54) is 11.1 Å². The summed E-state index contributed by atoms with van der Waals surface area (Å²) in [6, 6.07) is 20.6. The summed E-state index contributed by atoms with van der Waals surface area (Å²) in [6.07, 6.45) is 0. The summed E-state index contributed by atoms with van der Waals surface area (Å²) in [5.41, 5.74) is 2.44. The smallest absolute Gasteiger partial charge is 0.191 e. The van der Waals surface area contributed by atoms with Gasteiger partial charge in [0.1, 0.15) is 0 Å². The molecule has 0 amide bonds. The second kappa shape index (κ2) is 9.97. The molecule has 140 valence electrons. The minimum absolute atomic E-state index is 0.102. The van der Waals surface area contributed by atoms with Gasteiger partial charge in [-0.1, -0.05) is 67.6 Å². The third kappa shape index (κ3) is 6.19. The van der Waals surface area contributed by atoms with Gasteiger partial charge in [0.25, 0.3) is 0 Å². The van der Waals surface area contributed by atoms with E-state index in [0.29, 0.717) is 19.0 Å². The molecule has 0 heterocycles. The second-order valence-electron chi connectivity index (χ2n) is 5.99. The van der Waals surface area contributed by atoms with Crippen LogP contribution in [0.2, 0.25) is 0 Å². The van der Waals surface area contributed by atoms with Crippen LogP contribution < -0.4 is 10.6 Å².